The number of rotatable bonds is 4. The minimum absolute atomic E-state index is 0.935. The molecule has 2 aliphatic heterocycles. The van der Waals surface area contributed by atoms with Crippen molar-refractivity contribution in [2.45, 2.75) is 19.3 Å². The van der Waals surface area contributed by atoms with Crippen molar-refractivity contribution < 1.29 is 0 Å². The molecule has 2 fully saturated rings. The number of hydrogen-bond donors (Lipinski definition) is 0. The summed E-state index contributed by atoms with van der Waals surface area (Å²) in [6.07, 6.45) is 4.12. The second-order valence-electron chi connectivity index (χ2n) is 6.70. The molecule has 0 spiro atoms. The standard InChI is InChI=1S/C18H29N3/c1-19-13-15-20(16-14-19)10-7-17-8-11-21(12-9-17)18-5-3-2-4-6-18/h2-6,17H,7-16H2,1H3. The molecule has 0 aromatic heterocycles. The maximum absolute atomic E-state index is 2.66. The van der Waals surface area contributed by atoms with Crippen LogP contribution in [0, 0.1) is 5.92 Å². The number of likely N-dealkylation sites (N-methyl/N-ethyl adjacent to an activating group) is 1. The van der Waals surface area contributed by atoms with Crippen molar-refractivity contribution in [1.82, 2.24) is 9.80 Å². The lowest BCUT2D eigenvalue weighted by molar-refractivity contribution is 0.144. The van der Waals surface area contributed by atoms with Gasteiger partial charge in [0.15, 0.2) is 0 Å². The number of piperazine rings is 1. The van der Waals surface area contributed by atoms with Crippen molar-refractivity contribution >= 4 is 5.69 Å². The predicted molar refractivity (Wildman–Crippen MR) is 89.9 cm³/mol. The van der Waals surface area contributed by atoms with Crippen LogP contribution in [0.1, 0.15) is 19.3 Å². The Morgan fingerprint density at radius 3 is 2.24 bits per heavy atom. The van der Waals surface area contributed by atoms with Crippen LogP contribution >= 0.6 is 0 Å². The summed E-state index contributed by atoms with van der Waals surface area (Å²) in [7, 11) is 2.23. The first-order valence-corrected chi connectivity index (χ1v) is 8.52. The van der Waals surface area contributed by atoms with E-state index in [0.29, 0.717) is 0 Å². The predicted octanol–water partition coefficient (Wildman–Crippen LogP) is 2.54. The lowest BCUT2D eigenvalue weighted by Gasteiger charge is -2.36. The molecule has 2 saturated heterocycles. The molecule has 2 aliphatic rings. The third-order valence-electron chi connectivity index (χ3n) is 5.19. The van der Waals surface area contributed by atoms with Crippen molar-refractivity contribution in [3.63, 3.8) is 0 Å². The Morgan fingerprint density at radius 1 is 0.905 bits per heavy atom. The first kappa shape index (κ1) is 14.9. The molecule has 0 bridgehead atoms. The fraction of sp³-hybridized carbons (Fsp3) is 0.667. The molecule has 0 aliphatic carbocycles. The van der Waals surface area contributed by atoms with Gasteiger partial charge in [0, 0.05) is 45.0 Å². The van der Waals surface area contributed by atoms with Crippen LogP contribution in [0.4, 0.5) is 5.69 Å². The zero-order valence-corrected chi connectivity index (χ0v) is 13.4. The number of hydrogen-bond acceptors (Lipinski definition) is 3. The van der Waals surface area contributed by atoms with Crippen molar-refractivity contribution in [2.24, 2.45) is 5.92 Å². The highest BCUT2D eigenvalue weighted by Crippen LogP contribution is 2.25. The molecule has 0 amide bonds. The molecule has 0 saturated carbocycles. The van der Waals surface area contributed by atoms with Gasteiger partial charge in [0.1, 0.15) is 0 Å². The van der Waals surface area contributed by atoms with E-state index in [1.165, 1.54) is 70.8 Å². The zero-order valence-electron chi connectivity index (χ0n) is 13.4. The number of piperidine rings is 1. The number of benzene rings is 1. The summed E-state index contributed by atoms with van der Waals surface area (Å²) in [6.45, 7) is 8.79. The van der Waals surface area contributed by atoms with Gasteiger partial charge in [-0.15, -0.1) is 0 Å². The third kappa shape index (κ3) is 4.21. The quantitative estimate of drug-likeness (QED) is 0.842. The molecule has 1 aromatic rings. The summed E-state index contributed by atoms with van der Waals surface area (Å²) in [6, 6.07) is 10.9. The van der Waals surface area contributed by atoms with Crippen LogP contribution in [0.15, 0.2) is 30.3 Å². The second kappa shape index (κ2) is 7.28. The van der Waals surface area contributed by atoms with E-state index in [9.17, 15) is 0 Å². The van der Waals surface area contributed by atoms with Crippen LogP contribution in [-0.4, -0.2) is 62.7 Å². The van der Waals surface area contributed by atoms with Gasteiger partial charge in [-0.25, -0.2) is 0 Å². The van der Waals surface area contributed by atoms with Crippen molar-refractivity contribution in [2.75, 3.05) is 57.8 Å². The van der Waals surface area contributed by atoms with Gasteiger partial charge >= 0.3 is 0 Å². The molecular weight excluding hydrogens is 258 g/mol. The van der Waals surface area contributed by atoms with E-state index in [2.05, 4.69) is 52.1 Å². The summed E-state index contributed by atoms with van der Waals surface area (Å²) < 4.78 is 0. The summed E-state index contributed by atoms with van der Waals surface area (Å²) in [5.74, 6) is 0.935. The van der Waals surface area contributed by atoms with Crippen LogP contribution in [0.25, 0.3) is 0 Å². The molecule has 0 N–H and O–H groups in total. The van der Waals surface area contributed by atoms with Gasteiger partial charge in [-0.05, 0) is 50.9 Å². The molecule has 1 aromatic carbocycles. The van der Waals surface area contributed by atoms with Gasteiger partial charge in [-0.3, -0.25) is 0 Å². The lowest BCUT2D eigenvalue weighted by Crippen LogP contribution is -2.45. The van der Waals surface area contributed by atoms with Crippen molar-refractivity contribution in [3.8, 4) is 0 Å². The molecule has 3 heteroatoms. The van der Waals surface area contributed by atoms with Gasteiger partial charge in [-0.2, -0.15) is 0 Å². The van der Waals surface area contributed by atoms with Crippen LogP contribution in [0.3, 0.4) is 0 Å². The topological polar surface area (TPSA) is 9.72 Å². The number of nitrogens with zero attached hydrogens (tertiary/aromatic N) is 3. The maximum atomic E-state index is 2.66. The van der Waals surface area contributed by atoms with E-state index in [1.807, 2.05) is 0 Å². The monoisotopic (exact) mass is 287 g/mol. The minimum Gasteiger partial charge on any atom is -0.372 e. The molecule has 116 valence electrons. The van der Waals surface area contributed by atoms with E-state index in [4.69, 9.17) is 0 Å². The lowest BCUT2D eigenvalue weighted by atomic mass is 9.93. The van der Waals surface area contributed by atoms with E-state index in [0.717, 1.165) is 5.92 Å². The number of anilines is 1. The highest BCUT2D eigenvalue weighted by molar-refractivity contribution is 5.46. The first-order chi connectivity index (χ1) is 10.3. The average molecular weight is 287 g/mol. The summed E-state index contributed by atoms with van der Waals surface area (Å²) in [5, 5.41) is 0. The first-order valence-electron chi connectivity index (χ1n) is 8.52. The van der Waals surface area contributed by atoms with E-state index in [-0.39, 0.29) is 0 Å². The van der Waals surface area contributed by atoms with Gasteiger partial charge in [0.05, 0.1) is 0 Å². The smallest absolute Gasteiger partial charge is 0.0366 e. The Balaban J connectivity index is 1.38. The normalized spacial score (nSPS) is 22.6. The fourth-order valence-electron chi connectivity index (χ4n) is 3.56. The number of para-hydroxylation sites is 1. The molecule has 2 heterocycles. The largest absolute Gasteiger partial charge is 0.372 e. The Morgan fingerprint density at radius 2 is 1.57 bits per heavy atom. The Kier molecular flexibility index (Phi) is 5.15. The minimum atomic E-state index is 0.935. The van der Waals surface area contributed by atoms with E-state index < -0.39 is 0 Å². The van der Waals surface area contributed by atoms with E-state index in [1.54, 1.807) is 0 Å². The van der Waals surface area contributed by atoms with Gasteiger partial charge < -0.3 is 14.7 Å². The van der Waals surface area contributed by atoms with Gasteiger partial charge in [0.25, 0.3) is 0 Å². The van der Waals surface area contributed by atoms with E-state index >= 15 is 0 Å². The third-order valence-corrected chi connectivity index (χ3v) is 5.19. The highest BCUT2D eigenvalue weighted by Gasteiger charge is 2.21. The summed E-state index contributed by atoms with van der Waals surface area (Å²) in [5.41, 5.74) is 1.40. The second-order valence-corrected chi connectivity index (χ2v) is 6.70. The Bertz CT molecular complexity index is 404. The highest BCUT2D eigenvalue weighted by atomic mass is 15.2. The van der Waals surface area contributed by atoms with Crippen molar-refractivity contribution in [3.05, 3.63) is 30.3 Å². The van der Waals surface area contributed by atoms with Crippen LogP contribution in [0.2, 0.25) is 0 Å². The molecule has 3 nitrogen and oxygen atoms in total. The van der Waals surface area contributed by atoms with Crippen LogP contribution in [0.5, 0.6) is 0 Å². The summed E-state index contributed by atoms with van der Waals surface area (Å²) in [4.78, 5) is 7.64. The van der Waals surface area contributed by atoms with Crippen molar-refractivity contribution in [1.29, 1.82) is 0 Å². The average Bonchev–Trinajstić information content (AvgIpc) is 2.56. The molecule has 21 heavy (non-hydrogen) atoms. The molecule has 3 rings (SSSR count). The molecule has 0 radical (unpaired) electrons. The SMILES string of the molecule is CN1CCN(CCC2CCN(c3ccccc3)CC2)CC1. The molecule has 0 unspecified atom stereocenters. The Hall–Kier alpha value is -1.06. The molecule has 0 atom stereocenters. The molecular formula is C18H29N3. The van der Waals surface area contributed by atoms with Gasteiger partial charge in [0.2, 0.25) is 0 Å². The maximum Gasteiger partial charge on any atom is 0.0366 e. The fourth-order valence-corrected chi connectivity index (χ4v) is 3.56. The van der Waals surface area contributed by atoms with Gasteiger partial charge in [-0.1, -0.05) is 18.2 Å². The van der Waals surface area contributed by atoms with Crippen LogP contribution < -0.4 is 4.90 Å². The zero-order chi connectivity index (χ0) is 14.5. The summed E-state index contributed by atoms with van der Waals surface area (Å²) >= 11 is 0. The Labute approximate surface area is 129 Å². The van der Waals surface area contributed by atoms with Crippen LogP contribution in [-0.2, 0) is 0 Å².